The van der Waals surface area contributed by atoms with Gasteiger partial charge in [0.05, 0.1) is 17.3 Å². The average molecular weight is 298 g/mol. The number of rotatable bonds is 3. The zero-order valence-corrected chi connectivity index (χ0v) is 12.8. The molecule has 4 heteroatoms. The molecule has 2 aromatic carbocycles. The van der Waals surface area contributed by atoms with Gasteiger partial charge in [-0.1, -0.05) is 52.7 Å². The maximum Gasteiger partial charge on any atom is 0.106 e. The normalized spacial score (nSPS) is 10.8. The first-order chi connectivity index (χ1) is 10.2. The molecule has 0 unspecified atom stereocenters. The van der Waals surface area contributed by atoms with E-state index in [2.05, 4.69) is 60.6 Å². The van der Waals surface area contributed by atoms with Crippen molar-refractivity contribution in [3.05, 3.63) is 65.4 Å². The molecule has 3 aromatic rings. The minimum absolute atomic E-state index is 0.342. The monoisotopic (exact) mass is 297 g/mol. The molecular formula is C17H16ClN3. The van der Waals surface area contributed by atoms with Crippen LogP contribution in [0.25, 0.3) is 16.9 Å². The first-order valence-electron chi connectivity index (χ1n) is 6.83. The Bertz CT molecular complexity index is 743. The Morgan fingerprint density at radius 2 is 1.48 bits per heavy atom. The lowest BCUT2D eigenvalue weighted by molar-refractivity contribution is 0.804. The summed E-state index contributed by atoms with van der Waals surface area (Å²) < 4.78 is 1.85. The van der Waals surface area contributed by atoms with Crippen molar-refractivity contribution in [2.45, 2.75) is 19.7 Å². The largest absolute Gasteiger partial charge is 0.213 e. The van der Waals surface area contributed by atoms with E-state index in [1.54, 1.807) is 0 Å². The molecule has 0 spiro atoms. The van der Waals surface area contributed by atoms with Crippen LogP contribution in [-0.4, -0.2) is 15.0 Å². The number of aryl methyl sites for hydroxylation is 2. The third-order valence-corrected chi connectivity index (χ3v) is 3.72. The van der Waals surface area contributed by atoms with Crippen LogP contribution in [0.2, 0.25) is 0 Å². The quantitative estimate of drug-likeness (QED) is 0.675. The second-order valence-electron chi connectivity index (χ2n) is 5.13. The van der Waals surface area contributed by atoms with Gasteiger partial charge in [-0.2, -0.15) is 0 Å². The Morgan fingerprint density at radius 3 is 2.05 bits per heavy atom. The number of benzene rings is 2. The molecule has 0 atom stereocenters. The van der Waals surface area contributed by atoms with Crippen molar-refractivity contribution in [2.24, 2.45) is 0 Å². The molecule has 0 saturated heterocycles. The third kappa shape index (κ3) is 2.69. The maximum absolute atomic E-state index is 6.02. The summed E-state index contributed by atoms with van der Waals surface area (Å²) in [5.74, 6) is 0.342. The molecule has 0 radical (unpaired) electrons. The summed E-state index contributed by atoms with van der Waals surface area (Å²) >= 11 is 6.02. The summed E-state index contributed by atoms with van der Waals surface area (Å²) in [4.78, 5) is 0. The summed E-state index contributed by atoms with van der Waals surface area (Å²) in [6.45, 7) is 4.14. The van der Waals surface area contributed by atoms with E-state index in [0.717, 1.165) is 22.6 Å². The molecule has 0 aliphatic carbocycles. The fourth-order valence-electron chi connectivity index (χ4n) is 2.27. The number of nitrogens with zero attached hydrogens (tertiary/aromatic N) is 3. The van der Waals surface area contributed by atoms with E-state index in [1.165, 1.54) is 11.1 Å². The van der Waals surface area contributed by atoms with Crippen LogP contribution in [0.1, 0.15) is 16.8 Å². The van der Waals surface area contributed by atoms with Gasteiger partial charge in [-0.15, -0.1) is 16.7 Å². The number of halogens is 1. The highest BCUT2D eigenvalue weighted by Crippen LogP contribution is 2.26. The Balaban J connectivity index is 2.16. The maximum atomic E-state index is 6.02. The van der Waals surface area contributed by atoms with Gasteiger partial charge in [0.1, 0.15) is 5.69 Å². The first kappa shape index (κ1) is 13.8. The summed E-state index contributed by atoms with van der Waals surface area (Å²) in [6.07, 6.45) is 0. The van der Waals surface area contributed by atoms with Crippen LogP contribution < -0.4 is 0 Å². The standard InChI is InChI=1S/C17H16ClN3/c1-12-3-7-14(8-4-12)17-16(11-18)19-20-21(17)15-9-5-13(2)6-10-15/h3-10H,11H2,1-2H3. The predicted octanol–water partition coefficient (Wildman–Crippen LogP) is 4.29. The molecule has 0 amide bonds. The smallest absolute Gasteiger partial charge is 0.106 e. The van der Waals surface area contributed by atoms with Crippen molar-refractivity contribution in [3.63, 3.8) is 0 Å². The van der Waals surface area contributed by atoms with Crippen molar-refractivity contribution >= 4 is 11.6 Å². The van der Waals surface area contributed by atoms with Crippen molar-refractivity contribution < 1.29 is 0 Å². The van der Waals surface area contributed by atoms with Gasteiger partial charge in [-0.25, -0.2) is 4.68 Å². The molecule has 0 aliphatic heterocycles. The topological polar surface area (TPSA) is 30.7 Å². The molecular weight excluding hydrogens is 282 g/mol. The second kappa shape index (κ2) is 5.70. The third-order valence-electron chi connectivity index (χ3n) is 3.47. The Hall–Kier alpha value is -2.13. The molecule has 1 heterocycles. The van der Waals surface area contributed by atoms with Crippen LogP contribution in [0.4, 0.5) is 0 Å². The van der Waals surface area contributed by atoms with Crippen LogP contribution in [0.5, 0.6) is 0 Å². The highest BCUT2D eigenvalue weighted by Gasteiger charge is 2.15. The zero-order valence-electron chi connectivity index (χ0n) is 12.0. The number of hydrogen-bond donors (Lipinski definition) is 0. The van der Waals surface area contributed by atoms with Crippen molar-refractivity contribution in [3.8, 4) is 16.9 Å². The number of alkyl halides is 1. The molecule has 0 saturated carbocycles. The van der Waals surface area contributed by atoms with Gasteiger partial charge < -0.3 is 0 Å². The van der Waals surface area contributed by atoms with Crippen LogP contribution in [-0.2, 0) is 5.88 Å². The number of aromatic nitrogens is 3. The van der Waals surface area contributed by atoms with E-state index in [4.69, 9.17) is 11.6 Å². The van der Waals surface area contributed by atoms with Crippen molar-refractivity contribution in [1.82, 2.24) is 15.0 Å². The molecule has 0 fully saturated rings. The summed E-state index contributed by atoms with van der Waals surface area (Å²) in [7, 11) is 0. The summed E-state index contributed by atoms with van der Waals surface area (Å²) in [6, 6.07) is 16.5. The van der Waals surface area contributed by atoms with Gasteiger partial charge in [0, 0.05) is 5.56 Å². The minimum Gasteiger partial charge on any atom is -0.213 e. The van der Waals surface area contributed by atoms with Crippen molar-refractivity contribution in [1.29, 1.82) is 0 Å². The van der Waals surface area contributed by atoms with Gasteiger partial charge in [-0.05, 0) is 26.0 Å². The minimum atomic E-state index is 0.342. The molecule has 21 heavy (non-hydrogen) atoms. The Morgan fingerprint density at radius 1 is 0.905 bits per heavy atom. The molecule has 0 aliphatic rings. The molecule has 0 bridgehead atoms. The van der Waals surface area contributed by atoms with Gasteiger partial charge in [-0.3, -0.25) is 0 Å². The lowest BCUT2D eigenvalue weighted by Gasteiger charge is -2.08. The molecule has 0 N–H and O–H groups in total. The highest BCUT2D eigenvalue weighted by molar-refractivity contribution is 6.17. The van der Waals surface area contributed by atoms with E-state index >= 15 is 0 Å². The second-order valence-corrected chi connectivity index (χ2v) is 5.40. The van der Waals surface area contributed by atoms with Crippen LogP contribution in [0.3, 0.4) is 0 Å². The lowest BCUT2D eigenvalue weighted by atomic mass is 10.1. The molecule has 3 nitrogen and oxygen atoms in total. The Kier molecular flexibility index (Phi) is 3.76. The average Bonchev–Trinajstić information content (AvgIpc) is 2.93. The fourth-order valence-corrected chi connectivity index (χ4v) is 2.45. The predicted molar refractivity (Wildman–Crippen MR) is 85.8 cm³/mol. The van der Waals surface area contributed by atoms with E-state index in [9.17, 15) is 0 Å². The van der Waals surface area contributed by atoms with Crippen molar-refractivity contribution in [2.75, 3.05) is 0 Å². The number of hydrogen-bond acceptors (Lipinski definition) is 2. The van der Waals surface area contributed by atoms with Crippen LogP contribution in [0, 0.1) is 13.8 Å². The van der Waals surface area contributed by atoms with Gasteiger partial charge in [0.25, 0.3) is 0 Å². The highest BCUT2D eigenvalue weighted by atomic mass is 35.5. The summed E-state index contributed by atoms with van der Waals surface area (Å²) in [5.41, 5.74) is 6.24. The van der Waals surface area contributed by atoms with E-state index in [1.807, 2.05) is 16.8 Å². The molecule has 3 rings (SSSR count). The van der Waals surface area contributed by atoms with Gasteiger partial charge >= 0.3 is 0 Å². The van der Waals surface area contributed by atoms with E-state index in [-0.39, 0.29) is 0 Å². The van der Waals surface area contributed by atoms with E-state index < -0.39 is 0 Å². The fraction of sp³-hybridized carbons (Fsp3) is 0.176. The summed E-state index contributed by atoms with van der Waals surface area (Å²) in [5, 5.41) is 8.48. The van der Waals surface area contributed by atoms with E-state index in [0.29, 0.717) is 5.88 Å². The molecule has 1 aromatic heterocycles. The Labute approximate surface area is 129 Å². The molecule has 106 valence electrons. The van der Waals surface area contributed by atoms with Crippen LogP contribution in [0.15, 0.2) is 48.5 Å². The van der Waals surface area contributed by atoms with Gasteiger partial charge in [0.2, 0.25) is 0 Å². The zero-order chi connectivity index (χ0) is 14.8. The van der Waals surface area contributed by atoms with Gasteiger partial charge in [0.15, 0.2) is 0 Å². The lowest BCUT2D eigenvalue weighted by Crippen LogP contribution is -2.00. The SMILES string of the molecule is Cc1ccc(-c2c(CCl)nnn2-c2ccc(C)cc2)cc1. The van der Waals surface area contributed by atoms with Crippen LogP contribution >= 0.6 is 11.6 Å². The first-order valence-corrected chi connectivity index (χ1v) is 7.37.